The van der Waals surface area contributed by atoms with Crippen molar-refractivity contribution in [2.24, 2.45) is 0 Å². The normalized spacial score (nSPS) is 14.7. The molecule has 0 fully saturated rings. The maximum absolute atomic E-state index is 13.3. The Morgan fingerprint density at radius 2 is 2.13 bits per heavy atom. The van der Waals surface area contributed by atoms with Crippen molar-refractivity contribution in [1.29, 1.82) is 0 Å². The Hall–Kier alpha value is -1.25. The first kappa shape index (κ1) is 11.8. The highest BCUT2D eigenvalue weighted by Gasteiger charge is 2.05. The zero-order chi connectivity index (χ0) is 11.4. The van der Waals surface area contributed by atoms with Gasteiger partial charge in [-0.2, -0.15) is 0 Å². The Kier molecular flexibility index (Phi) is 3.95. The van der Waals surface area contributed by atoms with Crippen LogP contribution in [0.25, 0.3) is 11.9 Å². The number of hydrogen-bond donors (Lipinski definition) is 0. The Morgan fingerprint density at radius 3 is 2.60 bits per heavy atom. The van der Waals surface area contributed by atoms with Gasteiger partial charge in [-0.1, -0.05) is 26.8 Å². The lowest BCUT2D eigenvalue weighted by atomic mass is 10.1. The Morgan fingerprint density at radius 1 is 1.47 bits per heavy atom. The minimum Gasteiger partial charge on any atom is -0.240 e. The number of aromatic nitrogens is 2. The van der Waals surface area contributed by atoms with Crippen molar-refractivity contribution in [2.45, 2.75) is 40.0 Å². The van der Waals surface area contributed by atoms with Crippen LogP contribution in [0.1, 0.15) is 45.7 Å². The van der Waals surface area contributed by atoms with E-state index in [1.807, 2.05) is 26.8 Å². The zero-order valence-electron chi connectivity index (χ0n) is 9.71. The molecule has 0 bridgehead atoms. The topological polar surface area (TPSA) is 25.8 Å². The van der Waals surface area contributed by atoms with Crippen molar-refractivity contribution in [3.05, 3.63) is 22.6 Å². The number of rotatable bonds is 2. The third kappa shape index (κ3) is 2.61. The fraction of sp³-hybridized carbons (Fsp3) is 0.500. The summed E-state index contributed by atoms with van der Waals surface area (Å²) in [6.07, 6.45) is 4.27. The molecule has 1 heterocycles. The van der Waals surface area contributed by atoms with Crippen LogP contribution in [0.15, 0.2) is 6.33 Å². The van der Waals surface area contributed by atoms with E-state index in [0.717, 1.165) is 17.3 Å². The van der Waals surface area contributed by atoms with Crippen LogP contribution in [0, 0.1) is 0 Å². The Labute approximate surface area is 89.6 Å². The van der Waals surface area contributed by atoms with Gasteiger partial charge in [-0.05, 0) is 19.3 Å². The molecular formula is C12H17FN2. The van der Waals surface area contributed by atoms with Crippen molar-refractivity contribution in [3.63, 3.8) is 0 Å². The monoisotopic (exact) mass is 208 g/mol. The van der Waals surface area contributed by atoms with E-state index >= 15 is 0 Å². The molecule has 1 aromatic heterocycles. The first-order valence-corrected chi connectivity index (χ1v) is 5.25. The van der Waals surface area contributed by atoms with Crippen LogP contribution in [0.4, 0.5) is 4.39 Å². The van der Waals surface area contributed by atoms with Crippen LogP contribution < -0.4 is 10.6 Å². The second-order valence-corrected chi connectivity index (χ2v) is 3.82. The second kappa shape index (κ2) is 5.01. The van der Waals surface area contributed by atoms with Crippen LogP contribution in [-0.4, -0.2) is 9.97 Å². The van der Waals surface area contributed by atoms with E-state index in [9.17, 15) is 4.39 Å². The van der Waals surface area contributed by atoms with E-state index in [-0.39, 0.29) is 11.7 Å². The third-order valence-corrected chi connectivity index (χ3v) is 2.20. The molecule has 1 aromatic rings. The largest absolute Gasteiger partial charge is 0.240 e. The summed E-state index contributed by atoms with van der Waals surface area (Å²) in [6.45, 7) is 7.55. The van der Waals surface area contributed by atoms with Crippen molar-refractivity contribution in [2.75, 3.05) is 0 Å². The van der Waals surface area contributed by atoms with Crippen LogP contribution in [0.5, 0.6) is 0 Å². The molecule has 3 heteroatoms. The molecule has 0 aliphatic heterocycles. The fourth-order valence-electron chi connectivity index (χ4n) is 1.55. The summed E-state index contributed by atoms with van der Waals surface area (Å²) >= 11 is 0. The highest BCUT2D eigenvalue weighted by atomic mass is 19.1. The van der Waals surface area contributed by atoms with Crippen molar-refractivity contribution >= 4 is 11.9 Å². The zero-order valence-corrected chi connectivity index (χ0v) is 9.71. The molecular weight excluding hydrogens is 191 g/mol. The molecule has 0 spiro atoms. The van der Waals surface area contributed by atoms with Crippen LogP contribution in [0.2, 0.25) is 0 Å². The van der Waals surface area contributed by atoms with E-state index in [2.05, 4.69) is 9.97 Å². The van der Waals surface area contributed by atoms with Gasteiger partial charge in [0.1, 0.15) is 17.5 Å². The van der Waals surface area contributed by atoms with Gasteiger partial charge in [0.25, 0.3) is 0 Å². The van der Waals surface area contributed by atoms with Crippen LogP contribution in [-0.2, 0) is 0 Å². The highest BCUT2D eigenvalue weighted by Crippen LogP contribution is 2.03. The summed E-state index contributed by atoms with van der Waals surface area (Å²) < 4.78 is 13.3. The summed E-state index contributed by atoms with van der Waals surface area (Å²) in [6, 6.07) is 0. The lowest BCUT2D eigenvalue weighted by molar-refractivity contribution is 0.725. The molecule has 0 N–H and O–H groups in total. The molecule has 0 atom stereocenters. The van der Waals surface area contributed by atoms with Gasteiger partial charge in [0.05, 0.1) is 5.69 Å². The maximum atomic E-state index is 13.3. The summed E-state index contributed by atoms with van der Waals surface area (Å²) in [4.78, 5) is 8.20. The van der Waals surface area contributed by atoms with Gasteiger partial charge in [-0.3, -0.25) is 0 Å². The lowest BCUT2D eigenvalue weighted by Gasteiger charge is -2.05. The van der Waals surface area contributed by atoms with E-state index in [0.29, 0.717) is 5.35 Å². The first-order valence-electron chi connectivity index (χ1n) is 5.25. The molecule has 0 radical (unpaired) electrons. The molecule has 0 saturated heterocycles. The molecule has 0 aliphatic rings. The van der Waals surface area contributed by atoms with Gasteiger partial charge >= 0.3 is 0 Å². The summed E-state index contributed by atoms with van der Waals surface area (Å²) in [5.74, 6) is 0.0305. The van der Waals surface area contributed by atoms with E-state index in [1.165, 1.54) is 13.3 Å². The fourth-order valence-corrected chi connectivity index (χ4v) is 1.55. The molecule has 0 amide bonds. The minimum absolute atomic E-state index is 0.251. The van der Waals surface area contributed by atoms with E-state index < -0.39 is 0 Å². The van der Waals surface area contributed by atoms with Crippen molar-refractivity contribution in [3.8, 4) is 0 Å². The highest BCUT2D eigenvalue weighted by molar-refractivity contribution is 5.35. The summed E-state index contributed by atoms with van der Waals surface area (Å²) in [7, 11) is 0. The predicted molar refractivity (Wildman–Crippen MR) is 60.3 cm³/mol. The third-order valence-electron chi connectivity index (χ3n) is 2.20. The second-order valence-electron chi connectivity index (χ2n) is 3.82. The van der Waals surface area contributed by atoms with Crippen LogP contribution >= 0.6 is 0 Å². The molecule has 82 valence electrons. The van der Waals surface area contributed by atoms with E-state index in [1.54, 1.807) is 0 Å². The number of hydrogen-bond acceptors (Lipinski definition) is 2. The predicted octanol–water partition coefficient (Wildman–Crippen LogP) is 1.89. The SMILES string of the molecule is CC/C=c1/c(C(C)C)ncn/c1=C(/C)F. The minimum atomic E-state index is -0.251. The molecule has 0 unspecified atom stereocenters. The number of nitrogens with zero attached hydrogens (tertiary/aromatic N) is 2. The van der Waals surface area contributed by atoms with Gasteiger partial charge < -0.3 is 0 Å². The van der Waals surface area contributed by atoms with Gasteiger partial charge in [0, 0.05) is 5.22 Å². The van der Waals surface area contributed by atoms with Gasteiger partial charge in [0.15, 0.2) is 0 Å². The van der Waals surface area contributed by atoms with E-state index in [4.69, 9.17) is 0 Å². The van der Waals surface area contributed by atoms with Crippen LogP contribution in [0.3, 0.4) is 0 Å². The van der Waals surface area contributed by atoms with Gasteiger partial charge in [-0.15, -0.1) is 0 Å². The van der Waals surface area contributed by atoms with Crippen molar-refractivity contribution < 1.29 is 4.39 Å². The molecule has 0 aliphatic carbocycles. The quantitative estimate of drug-likeness (QED) is 0.741. The average Bonchev–Trinajstić information content (AvgIpc) is 2.17. The maximum Gasteiger partial charge on any atom is 0.123 e. The smallest absolute Gasteiger partial charge is 0.123 e. The van der Waals surface area contributed by atoms with Crippen molar-refractivity contribution in [1.82, 2.24) is 9.97 Å². The summed E-state index contributed by atoms with van der Waals surface area (Å²) in [5, 5.41) is 1.27. The molecule has 0 saturated carbocycles. The average molecular weight is 208 g/mol. The molecule has 2 nitrogen and oxygen atoms in total. The number of halogens is 1. The molecule has 0 aromatic carbocycles. The molecule has 15 heavy (non-hydrogen) atoms. The standard InChI is InChI=1S/C12H17FN2/c1-5-6-10-11(8(2)3)14-7-15-12(10)9(4)13/h6-8H,5H2,1-4H3/b10-6-,12-9-. The Balaban J connectivity index is 3.66. The molecule has 1 rings (SSSR count). The Bertz CT molecular complexity index is 445. The summed E-state index contributed by atoms with van der Waals surface area (Å²) in [5.41, 5.74) is 0.916. The van der Waals surface area contributed by atoms with Gasteiger partial charge in [-0.25, -0.2) is 14.4 Å². The van der Waals surface area contributed by atoms with Gasteiger partial charge in [0.2, 0.25) is 0 Å². The lowest BCUT2D eigenvalue weighted by Crippen LogP contribution is -2.34. The first-order chi connectivity index (χ1) is 7.07.